The van der Waals surface area contributed by atoms with Crippen LogP contribution in [-0.2, 0) is 20.4 Å². The van der Waals surface area contributed by atoms with Crippen LogP contribution in [0, 0.1) is 6.92 Å². The van der Waals surface area contributed by atoms with E-state index in [1.165, 1.54) is 6.26 Å². The van der Waals surface area contributed by atoms with Gasteiger partial charge in [-0.15, -0.1) is 12.4 Å². The fourth-order valence-corrected chi connectivity index (χ4v) is 3.26. The second kappa shape index (κ2) is 7.24. The van der Waals surface area contributed by atoms with Crippen molar-refractivity contribution in [3.8, 4) is 0 Å². The molecule has 5 nitrogen and oxygen atoms in total. The Morgan fingerprint density at radius 3 is 2.71 bits per heavy atom. The minimum Gasteiger partial charge on any atom is -0.324 e. The molecule has 118 valence electrons. The molecule has 1 aromatic carbocycles. The van der Waals surface area contributed by atoms with Crippen molar-refractivity contribution in [1.82, 2.24) is 5.32 Å². The molecule has 0 saturated carbocycles. The van der Waals surface area contributed by atoms with Gasteiger partial charge in [-0.25, -0.2) is 8.42 Å². The molecule has 1 amide bonds. The van der Waals surface area contributed by atoms with Gasteiger partial charge in [0.15, 0.2) is 9.84 Å². The van der Waals surface area contributed by atoms with Crippen molar-refractivity contribution in [1.29, 1.82) is 0 Å². The average molecular weight is 333 g/mol. The number of amides is 1. The fraction of sp³-hybridized carbons (Fsp3) is 0.500. The SMILES string of the molecule is Cc1c(CS(C)(=O)=O)cccc1NC(=O)C1CCCN1.Cl. The molecular weight excluding hydrogens is 312 g/mol. The Kier molecular flexibility index (Phi) is 6.19. The molecular formula is C14H21ClN2O3S. The quantitative estimate of drug-likeness (QED) is 0.879. The zero-order chi connectivity index (χ0) is 14.8. The number of anilines is 1. The summed E-state index contributed by atoms with van der Waals surface area (Å²) in [5, 5.41) is 6.02. The number of halogens is 1. The van der Waals surface area contributed by atoms with E-state index in [0.717, 1.165) is 30.5 Å². The van der Waals surface area contributed by atoms with Gasteiger partial charge in [-0.2, -0.15) is 0 Å². The molecule has 0 radical (unpaired) electrons. The molecule has 1 saturated heterocycles. The van der Waals surface area contributed by atoms with Gasteiger partial charge < -0.3 is 10.6 Å². The van der Waals surface area contributed by atoms with Crippen LogP contribution in [0.25, 0.3) is 0 Å². The number of hydrogen-bond acceptors (Lipinski definition) is 4. The summed E-state index contributed by atoms with van der Waals surface area (Å²) in [6.07, 6.45) is 3.05. The molecule has 0 spiro atoms. The van der Waals surface area contributed by atoms with Gasteiger partial charge in [0.1, 0.15) is 0 Å². The van der Waals surface area contributed by atoms with Gasteiger partial charge >= 0.3 is 0 Å². The standard InChI is InChI=1S/C14H20N2O3S.ClH/c1-10-11(9-20(2,18)19)5-3-6-12(10)16-14(17)13-7-4-8-15-13;/h3,5-6,13,15H,4,7-9H2,1-2H3,(H,16,17);1H. The molecule has 2 rings (SSSR count). The summed E-state index contributed by atoms with van der Waals surface area (Å²) in [6, 6.07) is 5.20. The first-order valence-electron chi connectivity index (χ1n) is 6.67. The summed E-state index contributed by atoms with van der Waals surface area (Å²) < 4.78 is 22.8. The van der Waals surface area contributed by atoms with Crippen LogP contribution in [0.4, 0.5) is 5.69 Å². The highest BCUT2D eigenvalue weighted by Crippen LogP contribution is 2.21. The van der Waals surface area contributed by atoms with Crippen LogP contribution < -0.4 is 10.6 Å². The molecule has 21 heavy (non-hydrogen) atoms. The van der Waals surface area contributed by atoms with E-state index in [-0.39, 0.29) is 30.1 Å². The third-order valence-electron chi connectivity index (χ3n) is 3.50. The number of carbonyl (C=O) groups excluding carboxylic acids is 1. The maximum atomic E-state index is 12.1. The second-order valence-electron chi connectivity index (χ2n) is 5.30. The Labute approximate surface area is 131 Å². The predicted molar refractivity (Wildman–Crippen MR) is 86.6 cm³/mol. The Bertz CT molecular complexity index is 611. The first kappa shape index (κ1) is 17.9. The highest BCUT2D eigenvalue weighted by molar-refractivity contribution is 7.89. The summed E-state index contributed by atoms with van der Waals surface area (Å²) in [4.78, 5) is 12.1. The van der Waals surface area contributed by atoms with Crippen LogP contribution in [0.5, 0.6) is 0 Å². The summed E-state index contributed by atoms with van der Waals surface area (Å²) >= 11 is 0. The van der Waals surface area contributed by atoms with Crippen LogP contribution in [0.1, 0.15) is 24.0 Å². The van der Waals surface area contributed by atoms with E-state index in [0.29, 0.717) is 5.69 Å². The van der Waals surface area contributed by atoms with Crippen molar-refractivity contribution < 1.29 is 13.2 Å². The lowest BCUT2D eigenvalue weighted by molar-refractivity contribution is -0.117. The normalized spacial score (nSPS) is 18.1. The zero-order valence-electron chi connectivity index (χ0n) is 12.2. The monoisotopic (exact) mass is 332 g/mol. The summed E-state index contributed by atoms with van der Waals surface area (Å²) in [6.45, 7) is 2.70. The maximum Gasteiger partial charge on any atom is 0.241 e. The van der Waals surface area contributed by atoms with Gasteiger partial charge in [0, 0.05) is 11.9 Å². The lowest BCUT2D eigenvalue weighted by Crippen LogP contribution is -2.35. The van der Waals surface area contributed by atoms with Crippen molar-refractivity contribution in [2.75, 3.05) is 18.1 Å². The second-order valence-corrected chi connectivity index (χ2v) is 7.44. The van der Waals surface area contributed by atoms with E-state index in [2.05, 4.69) is 10.6 Å². The minimum atomic E-state index is -3.09. The third kappa shape index (κ3) is 4.98. The van der Waals surface area contributed by atoms with Gasteiger partial charge in [0.05, 0.1) is 11.8 Å². The van der Waals surface area contributed by atoms with E-state index < -0.39 is 9.84 Å². The Morgan fingerprint density at radius 2 is 2.14 bits per heavy atom. The van der Waals surface area contributed by atoms with Crippen molar-refractivity contribution in [3.05, 3.63) is 29.3 Å². The topological polar surface area (TPSA) is 75.3 Å². The van der Waals surface area contributed by atoms with Crippen LogP contribution in [0.3, 0.4) is 0 Å². The van der Waals surface area contributed by atoms with Crippen LogP contribution >= 0.6 is 12.4 Å². The van der Waals surface area contributed by atoms with Crippen molar-refractivity contribution >= 4 is 33.8 Å². The van der Waals surface area contributed by atoms with Crippen LogP contribution in [0.15, 0.2) is 18.2 Å². The van der Waals surface area contributed by atoms with E-state index in [9.17, 15) is 13.2 Å². The molecule has 7 heteroatoms. The molecule has 1 heterocycles. The lowest BCUT2D eigenvalue weighted by Gasteiger charge is -2.15. The number of hydrogen-bond donors (Lipinski definition) is 2. The van der Waals surface area contributed by atoms with Gasteiger partial charge in [-0.05, 0) is 43.5 Å². The van der Waals surface area contributed by atoms with E-state index in [4.69, 9.17) is 0 Å². The lowest BCUT2D eigenvalue weighted by atomic mass is 10.1. The van der Waals surface area contributed by atoms with E-state index in [1.54, 1.807) is 18.2 Å². The Morgan fingerprint density at radius 1 is 1.43 bits per heavy atom. The molecule has 0 aromatic heterocycles. The number of sulfone groups is 1. The number of nitrogens with one attached hydrogen (secondary N) is 2. The summed E-state index contributed by atoms with van der Waals surface area (Å²) in [7, 11) is -3.09. The maximum absolute atomic E-state index is 12.1. The first-order valence-corrected chi connectivity index (χ1v) is 8.73. The number of benzene rings is 1. The molecule has 1 aliphatic rings. The molecule has 0 bridgehead atoms. The Hall–Kier alpha value is -1.11. The third-order valence-corrected chi connectivity index (χ3v) is 4.33. The molecule has 0 aliphatic carbocycles. The average Bonchev–Trinajstić information content (AvgIpc) is 2.86. The smallest absolute Gasteiger partial charge is 0.241 e. The van der Waals surface area contributed by atoms with Gasteiger partial charge in [0.25, 0.3) is 0 Å². The first-order chi connectivity index (χ1) is 9.37. The van der Waals surface area contributed by atoms with Crippen molar-refractivity contribution in [2.24, 2.45) is 0 Å². The van der Waals surface area contributed by atoms with Gasteiger partial charge in [-0.1, -0.05) is 12.1 Å². The summed E-state index contributed by atoms with van der Waals surface area (Å²) in [5.41, 5.74) is 2.22. The molecule has 1 unspecified atom stereocenters. The molecule has 2 N–H and O–H groups in total. The molecule has 1 aromatic rings. The van der Waals surface area contributed by atoms with Gasteiger partial charge in [0.2, 0.25) is 5.91 Å². The predicted octanol–water partition coefficient (Wildman–Crippen LogP) is 1.65. The molecule has 1 fully saturated rings. The highest BCUT2D eigenvalue weighted by atomic mass is 35.5. The minimum absolute atomic E-state index is 0. The Balaban J connectivity index is 0.00000220. The van der Waals surface area contributed by atoms with Crippen molar-refractivity contribution in [3.63, 3.8) is 0 Å². The largest absolute Gasteiger partial charge is 0.324 e. The van der Waals surface area contributed by atoms with Gasteiger partial charge in [-0.3, -0.25) is 4.79 Å². The fourth-order valence-electron chi connectivity index (χ4n) is 2.39. The molecule has 1 atom stereocenters. The van der Waals surface area contributed by atoms with Crippen molar-refractivity contribution in [2.45, 2.75) is 31.6 Å². The van der Waals surface area contributed by atoms with Crippen LogP contribution in [0.2, 0.25) is 0 Å². The summed E-state index contributed by atoms with van der Waals surface area (Å²) in [5.74, 6) is -0.0633. The number of rotatable bonds is 4. The number of carbonyl (C=O) groups is 1. The van der Waals surface area contributed by atoms with Crippen LogP contribution in [-0.4, -0.2) is 33.2 Å². The molecule has 1 aliphatic heterocycles. The van der Waals surface area contributed by atoms with E-state index in [1.807, 2.05) is 6.92 Å². The highest BCUT2D eigenvalue weighted by Gasteiger charge is 2.22. The zero-order valence-corrected chi connectivity index (χ0v) is 13.8. The van der Waals surface area contributed by atoms with E-state index >= 15 is 0 Å².